The number of benzene rings is 1. The van der Waals surface area contributed by atoms with Crippen molar-refractivity contribution in [3.8, 4) is 0 Å². The highest BCUT2D eigenvalue weighted by atomic mass is 35.5. The summed E-state index contributed by atoms with van der Waals surface area (Å²) in [7, 11) is 0. The molecule has 0 fully saturated rings. The number of anilines is 1. The second-order valence-electron chi connectivity index (χ2n) is 5.44. The van der Waals surface area contributed by atoms with Crippen LogP contribution in [0.1, 0.15) is 12.5 Å². The molecule has 2 rings (SSSR count). The van der Waals surface area contributed by atoms with Crippen molar-refractivity contribution in [2.75, 3.05) is 5.73 Å². The topological polar surface area (TPSA) is 118 Å². The van der Waals surface area contributed by atoms with Crippen LogP contribution in [0.3, 0.4) is 0 Å². The van der Waals surface area contributed by atoms with E-state index in [-0.39, 0.29) is 0 Å². The van der Waals surface area contributed by atoms with Crippen LogP contribution < -0.4 is 11.2 Å². The first-order valence-electron chi connectivity index (χ1n) is 7.53. The normalized spacial score (nSPS) is 13.8. The van der Waals surface area contributed by atoms with E-state index in [4.69, 9.17) is 28.9 Å². The van der Waals surface area contributed by atoms with Gasteiger partial charge in [-0.3, -0.25) is 4.79 Å². The number of halogens is 8. The van der Waals surface area contributed by atoms with Gasteiger partial charge in [-0.15, -0.1) is 13.2 Å². The smallest absolute Gasteiger partial charge is 0.578 e. The van der Waals surface area contributed by atoms with Gasteiger partial charge in [0.15, 0.2) is 5.82 Å². The van der Waals surface area contributed by atoms with Crippen LogP contribution in [0.15, 0.2) is 28.2 Å². The number of hydroxylamine groups is 1. The molecule has 0 saturated carbocycles. The Kier molecular flexibility index (Phi) is 7.24. The zero-order valence-electron chi connectivity index (χ0n) is 14.8. The minimum absolute atomic E-state index is 0.451. The van der Waals surface area contributed by atoms with Crippen LogP contribution in [0.2, 0.25) is 10.0 Å². The Morgan fingerprint density at radius 2 is 1.81 bits per heavy atom. The van der Waals surface area contributed by atoms with Crippen LogP contribution in [0.5, 0.6) is 0 Å². The molecule has 2 aromatic rings. The quantitative estimate of drug-likeness (QED) is 0.207. The van der Waals surface area contributed by atoms with Crippen LogP contribution in [0.4, 0.5) is 37.8 Å². The first kappa shape index (κ1) is 24.9. The summed E-state index contributed by atoms with van der Waals surface area (Å²) in [6, 6.07) is 0.985. The molecule has 1 heterocycles. The Balaban J connectivity index is 2.61. The number of carbonyl (C=O) groups excluding carboxylic acids is 1. The lowest BCUT2D eigenvalue weighted by Gasteiger charge is -2.14. The predicted molar refractivity (Wildman–Crippen MR) is 98.0 cm³/mol. The minimum Gasteiger partial charge on any atom is -0.604 e. The lowest BCUT2D eigenvalue weighted by molar-refractivity contribution is -0.145. The highest BCUT2D eigenvalue weighted by molar-refractivity contribution is 7.92. The zero-order chi connectivity index (χ0) is 23.7. The Morgan fingerprint density at radius 3 is 2.26 bits per heavy atom. The summed E-state index contributed by atoms with van der Waals surface area (Å²) in [4.78, 5) is 18.4. The van der Waals surface area contributed by atoms with E-state index in [2.05, 4.69) is 14.9 Å². The van der Waals surface area contributed by atoms with Gasteiger partial charge in [0.25, 0.3) is 5.96 Å². The van der Waals surface area contributed by atoms with Crippen molar-refractivity contribution in [1.82, 2.24) is 15.3 Å². The molecule has 3 N–H and O–H groups in total. The van der Waals surface area contributed by atoms with Gasteiger partial charge in [-0.25, -0.2) is 4.99 Å². The Morgan fingerprint density at radius 1 is 1.26 bits per heavy atom. The van der Waals surface area contributed by atoms with Gasteiger partial charge in [-0.05, 0) is 12.1 Å². The molecular weight excluding hydrogens is 503 g/mol. The van der Waals surface area contributed by atoms with E-state index in [9.17, 15) is 35.7 Å². The van der Waals surface area contributed by atoms with Gasteiger partial charge in [0.1, 0.15) is 23.1 Å². The molecule has 0 radical (unpaired) electrons. The second-order valence-corrected chi connectivity index (χ2v) is 7.69. The summed E-state index contributed by atoms with van der Waals surface area (Å²) in [6.07, 6.45) is -4.27. The molecule has 1 aromatic carbocycles. The Hall–Kier alpha value is -2.36. The van der Waals surface area contributed by atoms with Gasteiger partial charge in [-0.2, -0.15) is 28.4 Å². The van der Waals surface area contributed by atoms with Crippen LogP contribution in [-0.2, 0) is 27.0 Å². The van der Waals surface area contributed by atoms with E-state index in [0.29, 0.717) is 23.0 Å². The number of alkyl halides is 6. The number of hydrogen-bond acceptors (Lipinski definition) is 6. The first-order chi connectivity index (χ1) is 14.1. The average molecular weight is 512 g/mol. The number of nitrogens with zero attached hydrogens (tertiary/aromatic N) is 3. The van der Waals surface area contributed by atoms with Crippen molar-refractivity contribution in [3.63, 3.8) is 0 Å². The number of rotatable bonds is 2. The van der Waals surface area contributed by atoms with Gasteiger partial charge in [0.05, 0.1) is 15.6 Å². The van der Waals surface area contributed by atoms with Gasteiger partial charge < -0.3 is 15.1 Å². The average Bonchev–Trinajstić information content (AvgIpc) is 2.99. The van der Waals surface area contributed by atoms with Crippen molar-refractivity contribution in [2.24, 2.45) is 4.99 Å². The summed E-state index contributed by atoms with van der Waals surface area (Å²) < 4.78 is 88.8. The van der Waals surface area contributed by atoms with E-state index in [1.54, 1.807) is 0 Å². The zero-order valence-corrected chi connectivity index (χ0v) is 17.1. The first-order valence-corrected chi connectivity index (χ1v) is 9.44. The Labute approximate surface area is 182 Å². The fraction of sp³-hybridized carbons (Fsp3) is 0.214. The van der Waals surface area contributed by atoms with E-state index in [1.165, 1.54) is 0 Å². The summed E-state index contributed by atoms with van der Waals surface area (Å²) in [5.74, 6) is -2.49. The standard InChI is InChI=1S/C14H9Cl2F6N5O3S/c1-5(28)30-26-12(27-11(23)9(4-24-27)31(29)14(20,21)22)25-10-7(15)2-6(3-8(10)16)13(17,18)19/h2-4H,23H2,1H3,(H,25,26). The molecule has 0 aliphatic carbocycles. The number of nitrogens with two attached hydrogens (primary N) is 1. The lowest BCUT2D eigenvalue weighted by Crippen LogP contribution is -2.34. The maximum absolute atomic E-state index is 12.9. The highest BCUT2D eigenvalue weighted by Gasteiger charge is 2.48. The molecule has 17 heteroatoms. The second kappa shape index (κ2) is 9.02. The SMILES string of the molecule is CC(=O)ONC(=Nc1c(Cl)cc(C(F)(F)F)cc1Cl)n1ncc([S+]([O-])C(F)(F)F)c1N. The van der Waals surface area contributed by atoms with Gasteiger partial charge in [-0.1, -0.05) is 23.2 Å². The lowest BCUT2D eigenvalue weighted by atomic mass is 10.2. The summed E-state index contributed by atoms with van der Waals surface area (Å²) >= 11 is 8.04. The molecule has 1 unspecified atom stereocenters. The molecule has 0 saturated heterocycles. The molecule has 0 aliphatic heterocycles. The van der Waals surface area contributed by atoms with Gasteiger partial charge in [0, 0.05) is 6.92 Å². The van der Waals surface area contributed by atoms with E-state index < -0.39 is 66.8 Å². The molecule has 1 aromatic heterocycles. The van der Waals surface area contributed by atoms with Crippen LogP contribution >= 0.6 is 23.2 Å². The molecule has 1 atom stereocenters. The Bertz CT molecular complexity index is 1000. The van der Waals surface area contributed by atoms with Crippen molar-refractivity contribution in [3.05, 3.63) is 33.9 Å². The molecular formula is C14H9Cl2F6N5O3S. The van der Waals surface area contributed by atoms with Crippen LogP contribution in [0.25, 0.3) is 0 Å². The molecule has 8 nitrogen and oxygen atoms in total. The molecule has 31 heavy (non-hydrogen) atoms. The number of hydrogen-bond donors (Lipinski definition) is 2. The van der Waals surface area contributed by atoms with E-state index in [1.807, 2.05) is 5.48 Å². The summed E-state index contributed by atoms with van der Waals surface area (Å²) in [5, 5.41) is 2.28. The van der Waals surface area contributed by atoms with E-state index in [0.717, 1.165) is 6.92 Å². The molecule has 0 spiro atoms. The van der Waals surface area contributed by atoms with Crippen molar-refractivity contribution < 1.29 is 40.5 Å². The fourth-order valence-electron chi connectivity index (χ4n) is 1.95. The number of aromatic nitrogens is 2. The third-order valence-corrected chi connectivity index (χ3v) is 4.94. The molecule has 170 valence electrons. The van der Waals surface area contributed by atoms with Crippen molar-refractivity contribution >= 4 is 57.8 Å². The molecule has 0 bridgehead atoms. The number of aliphatic imine (C=N–C) groups is 1. The fourth-order valence-corrected chi connectivity index (χ4v) is 3.19. The van der Waals surface area contributed by atoms with Crippen LogP contribution in [-0.4, -0.2) is 31.8 Å². The van der Waals surface area contributed by atoms with Crippen LogP contribution in [0, 0.1) is 0 Å². The maximum atomic E-state index is 12.9. The number of nitrogen functional groups attached to an aromatic ring is 1. The predicted octanol–water partition coefficient (Wildman–Crippen LogP) is 4.02. The summed E-state index contributed by atoms with van der Waals surface area (Å²) in [6.45, 7) is 0.944. The minimum atomic E-state index is -5.16. The third kappa shape index (κ3) is 5.87. The third-order valence-electron chi connectivity index (χ3n) is 3.23. The monoisotopic (exact) mass is 511 g/mol. The maximum Gasteiger partial charge on any atom is 0.578 e. The number of carbonyl (C=O) groups is 1. The molecule has 0 aliphatic rings. The van der Waals surface area contributed by atoms with Crippen molar-refractivity contribution in [1.29, 1.82) is 0 Å². The van der Waals surface area contributed by atoms with Gasteiger partial charge in [0.2, 0.25) is 4.90 Å². The highest BCUT2D eigenvalue weighted by Crippen LogP contribution is 2.40. The van der Waals surface area contributed by atoms with Gasteiger partial charge >= 0.3 is 17.7 Å². The molecule has 0 amide bonds. The van der Waals surface area contributed by atoms with Crippen molar-refractivity contribution in [2.45, 2.75) is 23.5 Å². The largest absolute Gasteiger partial charge is 0.604 e. The summed E-state index contributed by atoms with van der Waals surface area (Å²) in [5.41, 5.74) is 0.619. The van der Waals surface area contributed by atoms with E-state index >= 15 is 0 Å². The number of nitrogens with one attached hydrogen (secondary N) is 1.